The van der Waals surface area contributed by atoms with Gasteiger partial charge in [0.15, 0.2) is 0 Å². The fourth-order valence-corrected chi connectivity index (χ4v) is 2.54. The van der Waals surface area contributed by atoms with Crippen molar-refractivity contribution in [3.05, 3.63) is 47.3 Å². The second kappa shape index (κ2) is 4.82. The van der Waals surface area contributed by atoms with E-state index in [0.717, 1.165) is 30.8 Å². The summed E-state index contributed by atoms with van der Waals surface area (Å²) in [6.07, 6.45) is 4.07. The normalized spacial score (nSPS) is 17.7. The molecule has 0 spiro atoms. The molecular formula is C14H17N3O. The van der Waals surface area contributed by atoms with Crippen LogP contribution in [0.15, 0.2) is 30.5 Å². The molecule has 1 aliphatic rings. The fraction of sp³-hybridized carbons (Fsp3) is 0.357. The lowest BCUT2D eigenvalue weighted by Crippen LogP contribution is -2.18. The predicted molar refractivity (Wildman–Crippen MR) is 69.5 cm³/mol. The number of aromatic amines is 1. The lowest BCUT2D eigenvalue weighted by Gasteiger charge is -2.14. The summed E-state index contributed by atoms with van der Waals surface area (Å²) in [5, 5.41) is 10.5. The van der Waals surface area contributed by atoms with Crippen molar-refractivity contribution in [2.45, 2.75) is 25.4 Å². The Kier molecular flexibility index (Phi) is 3.02. The average Bonchev–Trinajstić information content (AvgIpc) is 3.05. The highest BCUT2D eigenvalue weighted by molar-refractivity contribution is 5.40. The van der Waals surface area contributed by atoms with Gasteiger partial charge in [-0.05, 0) is 42.2 Å². The third-order valence-electron chi connectivity index (χ3n) is 3.53. The van der Waals surface area contributed by atoms with Gasteiger partial charge in [0.05, 0.1) is 7.11 Å². The molecule has 4 heteroatoms. The molecule has 0 amide bonds. The highest BCUT2D eigenvalue weighted by Crippen LogP contribution is 2.33. The van der Waals surface area contributed by atoms with Crippen LogP contribution in [0.3, 0.4) is 0 Å². The maximum Gasteiger partial charge on any atom is 0.119 e. The van der Waals surface area contributed by atoms with Gasteiger partial charge in [-0.1, -0.05) is 6.07 Å². The summed E-state index contributed by atoms with van der Waals surface area (Å²) >= 11 is 0. The molecule has 0 aliphatic heterocycles. The molecular weight excluding hydrogens is 226 g/mol. The Morgan fingerprint density at radius 1 is 1.44 bits per heavy atom. The summed E-state index contributed by atoms with van der Waals surface area (Å²) in [4.78, 5) is 0. The van der Waals surface area contributed by atoms with E-state index in [1.165, 1.54) is 11.1 Å². The molecule has 3 rings (SSSR count). The third kappa shape index (κ3) is 2.11. The van der Waals surface area contributed by atoms with E-state index in [2.05, 4.69) is 27.6 Å². The molecule has 0 radical (unpaired) electrons. The zero-order chi connectivity index (χ0) is 12.4. The van der Waals surface area contributed by atoms with E-state index >= 15 is 0 Å². The third-order valence-corrected chi connectivity index (χ3v) is 3.53. The van der Waals surface area contributed by atoms with Crippen molar-refractivity contribution in [2.24, 2.45) is 0 Å². The number of hydrogen-bond donors (Lipinski definition) is 2. The van der Waals surface area contributed by atoms with Crippen LogP contribution in [0.2, 0.25) is 0 Å². The molecule has 0 saturated heterocycles. The molecule has 1 aliphatic carbocycles. The lowest BCUT2D eigenvalue weighted by molar-refractivity contribution is 0.413. The quantitative estimate of drug-likeness (QED) is 0.865. The van der Waals surface area contributed by atoms with Crippen LogP contribution in [0.5, 0.6) is 5.75 Å². The molecule has 1 aromatic heterocycles. The van der Waals surface area contributed by atoms with Gasteiger partial charge >= 0.3 is 0 Å². The molecule has 2 N–H and O–H groups in total. The second-order valence-electron chi connectivity index (χ2n) is 4.62. The number of methoxy groups -OCH3 is 1. The Morgan fingerprint density at radius 3 is 3.17 bits per heavy atom. The first-order valence-corrected chi connectivity index (χ1v) is 6.25. The fourth-order valence-electron chi connectivity index (χ4n) is 2.54. The van der Waals surface area contributed by atoms with E-state index in [1.54, 1.807) is 13.3 Å². The second-order valence-corrected chi connectivity index (χ2v) is 4.62. The van der Waals surface area contributed by atoms with Crippen LogP contribution in [-0.2, 0) is 13.0 Å². The summed E-state index contributed by atoms with van der Waals surface area (Å²) < 4.78 is 5.29. The summed E-state index contributed by atoms with van der Waals surface area (Å²) in [6, 6.07) is 8.77. The first-order valence-electron chi connectivity index (χ1n) is 6.25. The topological polar surface area (TPSA) is 49.9 Å². The molecule has 1 aromatic carbocycles. The van der Waals surface area contributed by atoms with Crippen LogP contribution in [0.4, 0.5) is 0 Å². The van der Waals surface area contributed by atoms with Crippen molar-refractivity contribution in [2.75, 3.05) is 7.11 Å². The Bertz CT molecular complexity index is 522. The maximum absolute atomic E-state index is 5.29. The molecule has 0 bridgehead atoms. The first-order chi connectivity index (χ1) is 8.86. The van der Waals surface area contributed by atoms with Crippen LogP contribution >= 0.6 is 0 Å². The molecule has 2 aromatic rings. The van der Waals surface area contributed by atoms with Crippen molar-refractivity contribution in [1.82, 2.24) is 15.5 Å². The first kappa shape index (κ1) is 11.3. The smallest absolute Gasteiger partial charge is 0.119 e. The monoisotopic (exact) mass is 243 g/mol. The summed E-state index contributed by atoms with van der Waals surface area (Å²) in [5.41, 5.74) is 3.91. The Balaban J connectivity index is 1.73. The van der Waals surface area contributed by atoms with E-state index < -0.39 is 0 Å². The molecule has 4 nitrogen and oxygen atoms in total. The number of rotatable bonds is 4. The van der Waals surface area contributed by atoms with Gasteiger partial charge in [-0.2, -0.15) is 5.10 Å². The van der Waals surface area contributed by atoms with Crippen LogP contribution in [0.1, 0.15) is 29.3 Å². The predicted octanol–water partition coefficient (Wildman–Crippen LogP) is 2.20. The maximum atomic E-state index is 5.29. The molecule has 1 atom stereocenters. The standard InChI is InChI=1S/C14H17N3O/c1-18-12-4-2-10-3-5-14(13(10)8-12)15-9-11-6-7-16-17-11/h2,4,6-8,14-15H,3,5,9H2,1H3,(H,16,17). The number of hydrogen-bond acceptors (Lipinski definition) is 3. The van der Waals surface area contributed by atoms with Crippen LogP contribution in [0, 0.1) is 0 Å². The minimum Gasteiger partial charge on any atom is -0.497 e. The van der Waals surface area contributed by atoms with E-state index in [9.17, 15) is 0 Å². The Hall–Kier alpha value is -1.81. The van der Waals surface area contributed by atoms with Crippen LogP contribution in [-0.4, -0.2) is 17.3 Å². The number of nitrogens with one attached hydrogen (secondary N) is 2. The van der Waals surface area contributed by atoms with Gasteiger partial charge in [-0.25, -0.2) is 0 Å². The molecule has 1 heterocycles. The van der Waals surface area contributed by atoms with Gasteiger partial charge in [0.1, 0.15) is 5.75 Å². The van der Waals surface area contributed by atoms with Crippen molar-refractivity contribution < 1.29 is 4.74 Å². The minimum atomic E-state index is 0.415. The summed E-state index contributed by atoms with van der Waals surface area (Å²) in [6.45, 7) is 0.821. The van der Waals surface area contributed by atoms with Gasteiger partial charge in [-0.3, -0.25) is 5.10 Å². The highest BCUT2D eigenvalue weighted by Gasteiger charge is 2.22. The number of ether oxygens (including phenoxy) is 1. The van der Waals surface area contributed by atoms with Crippen molar-refractivity contribution >= 4 is 0 Å². The number of benzene rings is 1. The molecule has 0 saturated carbocycles. The zero-order valence-corrected chi connectivity index (χ0v) is 10.4. The minimum absolute atomic E-state index is 0.415. The van der Waals surface area contributed by atoms with Crippen molar-refractivity contribution in [3.63, 3.8) is 0 Å². The number of H-pyrrole nitrogens is 1. The molecule has 0 fully saturated rings. The Morgan fingerprint density at radius 2 is 2.39 bits per heavy atom. The molecule has 18 heavy (non-hydrogen) atoms. The average molecular weight is 243 g/mol. The molecule has 1 unspecified atom stereocenters. The number of aromatic nitrogens is 2. The van der Waals surface area contributed by atoms with Gasteiger partial charge in [0, 0.05) is 24.5 Å². The van der Waals surface area contributed by atoms with E-state index in [4.69, 9.17) is 4.74 Å². The van der Waals surface area contributed by atoms with Crippen molar-refractivity contribution in [3.8, 4) is 5.75 Å². The summed E-state index contributed by atoms with van der Waals surface area (Å²) in [5.74, 6) is 0.934. The molecule has 94 valence electrons. The van der Waals surface area contributed by atoms with Gasteiger partial charge in [0.2, 0.25) is 0 Å². The SMILES string of the molecule is COc1ccc2c(c1)C(NCc1ccn[nH]1)CC2. The van der Waals surface area contributed by atoms with E-state index in [0.29, 0.717) is 6.04 Å². The summed E-state index contributed by atoms with van der Waals surface area (Å²) in [7, 11) is 1.71. The largest absolute Gasteiger partial charge is 0.497 e. The number of nitrogens with zero attached hydrogens (tertiary/aromatic N) is 1. The van der Waals surface area contributed by atoms with Gasteiger partial charge in [-0.15, -0.1) is 0 Å². The van der Waals surface area contributed by atoms with E-state index in [-0.39, 0.29) is 0 Å². The van der Waals surface area contributed by atoms with Crippen LogP contribution < -0.4 is 10.1 Å². The highest BCUT2D eigenvalue weighted by atomic mass is 16.5. The van der Waals surface area contributed by atoms with Crippen LogP contribution in [0.25, 0.3) is 0 Å². The van der Waals surface area contributed by atoms with E-state index in [1.807, 2.05) is 12.1 Å². The Labute approximate surface area is 106 Å². The zero-order valence-electron chi connectivity index (χ0n) is 10.4. The lowest BCUT2D eigenvalue weighted by atomic mass is 10.1. The van der Waals surface area contributed by atoms with Crippen molar-refractivity contribution in [1.29, 1.82) is 0 Å². The van der Waals surface area contributed by atoms with Gasteiger partial charge in [0.25, 0.3) is 0 Å². The van der Waals surface area contributed by atoms with Gasteiger partial charge < -0.3 is 10.1 Å². The number of aryl methyl sites for hydroxylation is 1. The number of fused-ring (bicyclic) bond motifs is 1.